The van der Waals surface area contributed by atoms with Gasteiger partial charge in [0.1, 0.15) is 5.52 Å². The number of anilines is 1. The minimum atomic E-state index is 0.154. The summed E-state index contributed by atoms with van der Waals surface area (Å²) >= 11 is 3.39. The zero-order chi connectivity index (χ0) is 14.7. The molecule has 0 bridgehead atoms. The number of pyridine rings is 2. The fraction of sp³-hybridized carbons (Fsp3) is 0.400. The Balaban J connectivity index is 1.54. The number of carbonyl (C=O) groups excluding carboxylic acids is 1. The molecule has 2 heterocycles. The molecule has 0 saturated heterocycles. The number of fused-ring (bicyclic) bond motifs is 1. The van der Waals surface area contributed by atoms with Gasteiger partial charge in [-0.1, -0.05) is 0 Å². The maximum atomic E-state index is 11.6. The van der Waals surface area contributed by atoms with Crippen LogP contribution in [-0.2, 0) is 4.79 Å². The standard InChI is InChI=1S/C15H17BrN4O/c16-10-8-13-15(19-9-10)12(5-7-18-13)17-6-1-2-14(21)20-11-3-4-11/h5,7-9,11H,1-4,6H2,(H,17,18)(H,20,21). The second kappa shape index (κ2) is 6.39. The third-order valence-corrected chi connectivity index (χ3v) is 3.82. The van der Waals surface area contributed by atoms with E-state index in [-0.39, 0.29) is 5.91 Å². The van der Waals surface area contributed by atoms with Gasteiger partial charge in [-0.25, -0.2) is 0 Å². The Morgan fingerprint density at radius 3 is 3.05 bits per heavy atom. The SMILES string of the molecule is O=C(CCCNc1ccnc2cc(Br)cnc12)NC1CC1. The van der Waals surface area contributed by atoms with E-state index < -0.39 is 0 Å². The molecular weight excluding hydrogens is 332 g/mol. The highest BCUT2D eigenvalue weighted by molar-refractivity contribution is 9.10. The first-order chi connectivity index (χ1) is 10.2. The Bertz CT molecular complexity index is 657. The van der Waals surface area contributed by atoms with E-state index in [0.717, 1.165) is 47.0 Å². The lowest BCUT2D eigenvalue weighted by Crippen LogP contribution is -2.25. The van der Waals surface area contributed by atoms with Crippen LogP contribution in [0.1, 0.15) is 25.7 Å². The molecule has 0 aliphatic heterocycles. The monoisotopic (exact) mass is 348 g/mol. The van der Waals surface area contributed by atoms with Crippen LogP contribution in [0.3, 0.4) is 0 Å². The summed E-state index contributed by atoms with van der Waals surface area (Å²) in [5.74, 6) is 0.154. The quantitative estimate of drug-likeness (QED) is 0.787. The number of carbonyl (C=O) groups is 1. The summed E-state index contributed by atoms with van der Waals surface area (Å²) < 4.78 is 0.913. The van der Waals surface area contributed by atoms with Crippen LogP contribution in [0.15, 0.2) is 29.0 Å². The number of hydrogen-bond donors (Lipinski definition) is 2. The van der Waals surface area contributed by atoms with E-state index in [1.54, 1.807) is 12.4 Å². The molecule has 0 radical (unpaired) electrons. The first-order valence-electron chi connectivity index (χ1n) is 7.16. The molecule has 1 amide bonds. The molecule has 1 aliphatic carbocycles. The smallest absolute Gasteiger partial charge is 0.220 e. The van der Waals surface area contributed by atoms with E-state index in [0.29, 0.717) is 12.5 Å². The van der Waals surface area contributed by atoms with Crippen molar-refractivity contribution in [2.24, 2.45) is 0 Å². The zero-order valence-corrected chi connectivity index (χ0v) is 13.2. The molecule has 2 aromatic heterocycles. The van der Waals surface area contributed by atoms with Crippen LogP contribution in [0.2, 0.25) is 0 Å². The van der Waals surface area contributed by atoms with Crippen LogP contribution >= 0.6 is 15.9 Å². The molecule has 2 aromatic rings. The summed E-state index contributed by atoms with van der Waals surface area (Å²) in [4.78, 5) is 20.3. The minimum Gasteiger partial charge on any atom is -0.383 e. The second-order valence-corrected chi connectivity index (χ2v) is 6.17. The van der Waals surface area contributed by atoms with Gasteiger partial charge in [-0.3, -0.25) is 14.8 Å². The van der Waals surface area contributed by atoms with Gasteiger partial charge in [0.05, 0.1) is 11.2 Å². The van der Waals surface area contributed by atoms with Crippen molar-refractivity contribution in [3.63, 3.8) is 0 Å². The Hall–Kier alpha value is -1.69. The predicted octanol–water partition coefficient (Wildman–Crippen LogP) is 2.86. The van der Waals surface area contributed by atoms with Gasteiger partial charge in [0.15, 0.2) is 0 Å². The lowest BCUT2D eigenvalue weighted by Gasteiger charge is -2.09. The normalized spacial score (nSPS) is 14.1. The van der Waals surface area contributed by atoms with Gasteiger partial charge >= 0.3 is 0 Å². The van der Waals surface area contributed by atoms with Crippen LogP contribution in [0.5, 0.6) is 0 Å². The lowest BCUT2D eigenvalue weighted by molar-refractivity contribution is -0.121. The van der Waals surface area contributed by atoms with Crippen molar-refractivity contribution in [1.82, 2.24) is 15.3 Å². The largest absolute Gasteiger partial charge is 0.383 e. The van der Waals surface area contributed by atoms with Crippen LogP contribution in [0, 0.1) is 0 Å². The van der Waals surface area contributed by atoms with Crippen molar-refractivity contribution in [1.29, 1.82) is 0 Å². The summed E-state index contributed by atoms with van der Waals surface area (Å²) in [5, 5.41) is 6.33. The van der Waals surface area contributed by atoms with Gasteiger partial charge < -0.3 is 10.6 Å². The average molecular weight is 349 g/mol. The highest BCUT2D eigenvalue weighted by atomic mass is 79.9. The van der Waals surface area contributed by atoms with E-state index in [1.807, 2.05) is 12.1 Å². The maximum absolute atomic E-state index is 11.6. The van der Waals surface area contributed by atoms with E-state index in [9.17, 15) is 4.79 Å². The number of rotatable bonds is 6. The van der Waals surface area contributed by atoms with E-state index in [1.165, 1.54) is 0 Å². The molecule has 0 spiro atoms. The molecule has 0 aromatic carbocycles. The molecule has 110 valence electrons. The molecule has 1 saturated carbocycles. The van der Waals surface area contributed by atoms with Crippen molar-refractivity contribution in [3.8, 4) is 0 Å². The summed E-state index contributed by atoms with van der Waals surface area (Å²) in [6, 6.07) is 4.29. The Morgan fingerprint density at radius 1 is 1.38 bits per heavy atom. The zero-order valence-electron chi connectivity index (χ0n) is 11.6. The van der Waals surface area contributed by atoms with E-state index in [4.69, 9.17) is 0 Å². The molecule has 3 rings (SSSR count). The number of nitrogens with one attached hydrogen (secondary N) is 2. The fourth-order valence-electron chi connectivity index (χ4n) is 2.15. The van der Waals surface area contributed by atoms with Crippen molar-refractivity contribution in [3.05, 3.63) is 29.0 Å². The summed E-state index contributed by atoms with van der Waals surface area (Å²) in [6.07, 6.45) is 7.16. The van der Waals surface area contributed by atoms with Crippen LogP contribution in [0.4, 0.5) is 5.69 Å². The molecule has 0 unspecified atom stereocenters. The lowest BCUT2D eigenvalue weighted by atomic mass is 10.2. The molecule has 0 atom stereocenters. The number of amides is 1. The van der Waals surface area contributed by atoms with Crippen molar-refractivity contribution in [2.75, 3.05) is 11.9 Å². The Labute approximate surface area is 131 Å². The third kappa shape index (κ3) is 3.91. The second-order valence-electron chi connectivity index (χ2n) is 5.25. The van der Waals surface area contributed by atoms with Gasteiger partial charge in [0, 0.05) is 35.9 Å². The molecule has 5 nitrogen and oxygen atoms in total. The van der Waals surface area contributed by atoms with Gasteiger partial charge in [-0.15, -0.1) is 0 Å². The number of hydrogen-bond acceptors (Lipinski definition) is 4. The summed E-state index contributed by atoms with van der Waals surface area (Å²) in [7, 11) is 0. The van der Waals surface area contributed by atoms with Crippen molar-refractivity contribution < 1.29 is 4.79 Å². The first kappa shape index (κ1) is 14.3. The van der Waals surface area contributed by atoms with Crippen molar-refractivity contribution in [2.45, 2.75) is 31.7 Å². The van der Waals surface area contributed by atoms with Gasteiger partial charge in [0.25, 0.3) is 0 Å². The van der Waals surface area contributed by atoms with Crippen LogP contribution in [0.25, 0.3) is 11.0 Å². The van der Waals surface area contributed by atoms with Gasteiger partial charge in [0.2, 0.25) is 5.91 Å². The van der Waals surface area contributed by atoms with Crippen LogP contribution in [-0.4, -0.2) is 28.5 Å². The molecule has 2 N–H and O–H groups in total. The Morgan fingerprint density at radius 2 is 2.24 bits per heavy atom. The molecular formula is C15H17BrN4O. The maximum Gasteiger partial charge on any atom is 0.220 e. The topological polar surface area (TPSA) is 66.9 Å². The highest BCUT2D eigenvalue weighted by Gasteiger charge is 2.22. The molecule has 1 aliphatic rings. The fourth-order valence-corrected chi connectivity index (χ4v) is 2.47. The van der Waals surface area contributed by atoms with Gasteiger partial charge in [-0.05, 0) is 47.3 Å². The Kier molecular flexibility index (Phi) is 4.34. The average Bonchev–Trinajstić information content (AvgIpc) is 3.27. The van der Waals surface area contributed by atoms with Gasteiger partial charge in [-0.2, -0.15) is 0 Å². The number of nitrogens with zero attached hydrogens (tertiary/aromatic N) is 2. The van der Waals surface area contributed by atoms with E-state index in [2.05, 4.69) is 36.5 Å². The third-order valence-electron chi connectivity index (χ3n) is 3.38. The highest BCUT2D eigenvalue weighted by Crippen LogP contribution is 2.22. The number of aromatic nitrogens is 2. The molecule has 1 fully saturated rings. The first-order valence-corrected chi connectivity index (χ1v) is 7.95. The van der Waals surface area contributed by atoms with Crippen molar-refractivity contribution >= 4 is 38.6 Å². The summed E-state index contributed by atoms with van der Waals surface area (Å²) in [6.45, 7) is 0.745. The van der Waals surface area contributed by atoms with Crippen LogP contribution < -0.4 is 10.6 Å². The number of halogens is 1. The summed E-state index contributed by atoms with van der Waals surface area (Å²) in [5.41, 5.74) is 2.65. The van der Waals surface area contributed by atoms with E-state index >= 15 is 0 Å². The minimum absolute atomic E-state index is 0.154. The predicted molar refractivity (Wildman–Crippen MR) is 86.1 cm³/mol. The molecule has 21 heavy (non-hydrogen) atoms. The molecule has 6 heteroatoms.